The molecule has 0 saturated carbocycles. The van der Waals surface area contributed by atoms with E-state index in [-0.39, 0.29) is 11.9 Å². The molecule has 0 aliphatic heterocycles. The monoisotopic (exact) mass is 216 g/mol. The van der Waals surface area contributed by atoms with E-state index in [1.807, 2.05) is 6.92 Å². The molecular formula is C10H20N2OS. The molecule has 3 nitrogen and oxygen atoms in total. The Hall–Kier alpha value is -0.640. The molecule has 14 heavy (non-hydrogen) atoms. The number of carbonyl (C=O) groups excluding carboxylic acids is 1. The van der Waals surface area contributed by atoms with Gasteiger partial charge in [-0.3, -0.25) is 4.79 Å². The van der Waals surface area contributed by atoms with Crippen LogP contribution in [0.4, 0.5) is 0 Å². The van der Waals surface area contributed by atoms with E-state index in [1.54, 1.807) is 0 Å². The van der Waals surface area contributed by atoms with Gasteiger partial charge in [0.2, 0.25) is 5.91 Å². The third-order valence-electron chi connectivity index (χ3n) is 2.06. The third-order valence-corrected chi connectivity index (χ3v) is 2.23. The molecule has 0 aromatic rings. The molecule has 1 amide bonds. The molecule has 0 rings (SSSR count). The SMILES string of the molecule is CCCCC(=O)NC(CC)CC(N)=S. The van der Waals surface area contributed by atoms with Crippen LogP contribution in [0.15, 0.2) is 0 Å². The molecule has 0 aliphatic carbocycles. The van der Waals surface area contributed by atoms with Crippen LogP contribution in [-0.2, 0) is 4.79 Å². The van der Waals surface area contributed by atoms with E-state index in [2.05, 4.69) is 12.2 Å². The van der Waals surface area contributed by atoms with Gasteiger partial charge in [0.1, 0.15) is 0 Å². The van der Waals surface area contributed by atoms with Crippen LogP contribution in [0.25, 0.3) is 0 Å². The highest BCUT2D eigenvalue weighted by Crippen LogP contribution is 2.00. The van der Waals surface area contributed by atoms with E-state index in [4.69, 9.17) is 18.0 Å². The van der Waals surface area contributed by atoms with Gasteiger partial charge < -0.3 is 11.1 Å². The zero-order chi connectivity index (χ0) is 11.0. The van der Waals surface area contributed by atoms with Crippen molar-refractivity contribution in [3.05, 3.63) is 0 Å². The van der Waals surface area contributed by atoms with Gasteiger partial charge in [0.05, 0.1) is 4.99 Å². The van der Waals surface area contributed by atoms with Crippen molar-refractivity contribution in [2.45, 2.75) is 52.0 Å². The van der Waals surface area contributed by atoms with Crippen molar-refractivity contribution in [3.8, 4) is 0 Å². The Balaban J connectivity index is 3.80. The van der Waals surface area contributed by atoms with E-state index >= 15 is 0 Å². The van der Waals surface area contributed by atoms with Crippen LogP contribution < -0.4 is 11.1 Å². The van der Waals surface area contributed by atoms with Crippen molar-refractivity contribution in [3.63, 3.8) is 0 Å². The highest BCUT2D eigenvalue weighted by atomic mass is 32.1. The van der Waals surface area contributed by atoms with E-state index in [1.165, 1.54) is 0 Å². The summed E-state index contributed by atoms with van der Waals surface area (Å²) in [5.74, 6) is 0.106. The van der Waals surface area contributed by atoms with Gasteiger partial charge >= 0.3 is 0 Å². The number of thiocarbonyl (C=S) groups is 1. The van der Waals surface area contributed by atoms with Gasteiger partial charge in [0.25, 0.3) is 0 Å². The first-order valence-corrected chi connectivity index (χ1v) is 5.58. The zero-order valence-corrected chi connectivity index (χ0v) is 9.82. The minimum atomic E-state index is 0.106. The Kier molecular flexibility index (Phi) is 7.38. The van der Waals surface area contributed by atoms with Gasteiger partial charge in [-0.05, 0) is 12.8 Å². The highest BCUT2D eigenvalue weighted by Gasteiger charge is 2.10. The van der Waals surface area contributed by atoms with E-state index in [0.29, 0.717) is 17.8 Å². The highest BCUT2D eigenvalue weighted by molar-refractivity contribution is 7.80. The number of nitrogens with two attached hydrogens (primary N) is 1. The van der Waals surface area contributed by atoms with Crippen LogP contribution in [0.3, 0.4) is 0 Å². The molecule has 0 aromatic heterocycles. The molecule has 1 unspecified atom stereocenters. The predicted molar refractivity (Wildman–Crippen MR) is 63.1 cm³/mol. The number of hydrogen-bond donors (Lipinski definition) is 2. The lowest BCUT2D eigenvalue weighted by Gasteiger charge is -2.15. The normalized spacial score (nSPS) is 12.1. The summed E-state index contributed by atoms with van der Waals surface area (Å²) in [7, 11) is 0. The maximum Gasteiger partial charge on any atom is 0.220 e. The van der Waals surface area contributed by atoms with Crippen LogP contribution in [0, 0.1) is 0 Å². The van der Waals surface area contributed by atoms with Crippen LogP contribution in [-0.4, -0.2) is 16.9 Å². The lowest BCUT2D eigenvalue weighted by molar-refractivity contribution is -0.121. The summed E-state index contributed by atoms with van der Waals surface area (Å²) in [5.41, 5.74) is 5.42. The van der Waals surface area contributed by atoms with Gasteiger partial charge in [-0.15, -0.1) is 0 Å². The summed E-state index contributed by atoms with van der Waals surface area (Å²) in [6.45, 7) is 4.09. The number of hydrogen-bond acceptors (Lipinski definition) is 2. The maximum atomic E-state index is 11.4. The molecule has 82 valence electrons. The van der Waals surface area contributed by atoms with Crippen LogP contribution >= 0.6 is 12.2 Å². The molecule has 0 fully saturated rings. The second-order valence-electron chi connectivity index (χ2n) is 3.45. The Labute approximate surface area is 91.4 Å². The van der Waals surface area contributed by atoms with Gasteiger partial charge in [-0.2, -0.15) is 0 Å². The van der Waals surface area contributed by atoms with Crippen molar-refractivity contribution in [1.29, 1.82) is 0 Å². The molecule has 0 aromatic carbocycles. The van der Waals surface area contributed by atoms with Crippen molar-refractivity contribution in [2.24, 2.45) is 5.73 Å². The molecule has 0 spiro atoms. The quantitative estimate of drug-likeness (QED) is 0.637. The fraction of sp³-hybridized carbons (Fsp3) is 0.800. The molecule has 0 saturated heterocycles. The topological polar surface area (TPSA) is 55.1 Å². The molecule has 4 heteroatoms. The maximum absolute atomic E-state index is 11.4. The fourth-order valence-corrected chi connectivity index (χ4v) is 1.38. The summed E-state index contributed by atoms with van der Waals surface area (Å²) >= 11 is 4.80. The Morgan fingerprint density at radius 2 is 2.14 bits per heavy atom. The van der Waals surface area contributed by atoms with Crippen LogP contribution in [0.5, 0.6) is 0 Å². The third kappa shape index (κ3) is 6.83. The second kappa shape index (κ2) is 7.74. The van der Waals surface area contributed by atoms with E-state index in [9.17, 15) is 4.79 Å². The van der Waals surface area contributed by atoms with E-state index in [0.717, 1.165) is 19.3 Å². The molecule has 1 atom stereocenters. The van der Waals surface area contributed by atoms with Crippen molar-refractivity contribution in [2.75, 3.05) is 0 Å². The number of nitrogens with one attached hydrogen (secondary N) is 1. The number of rotatable bonds is 7. The minimum absolute atomic E-state index is 0.106. The van der Waals surface area contributed by atoms with Crippen molar-refractivity contribution < 1.29 is 4.79 Å². The smallest absolute Gasteiger partial charge is 0.220 e. The van der Waals surface area contributed by atoms with Gasteiger partial charge in [0, 0.05) is 18.9 Å². The first-order chi connectivity index (χ1) is 6.60. The first-order valence-electron chi connectivity index (χ1n) is 5.17. The van der Waals surface area contributed by atoms with Crippen LogP contribution in [0.1, 0.15) is 46.0 Å². The lowest BCUT2D eigenvalue weighted by Crippen LogP contribution is -2.36. The first kappa shape index (κ1) is 13.4. The molecule has 0 aliphatic rings. The number of unbranched alkanes of at least 4 members (excludes halogenated alkanes) is 1. The summed E-state index contributed by atoms with van der Waals surface area (Å²) in [6, 6.07) is 0.108. The van der Waals surface area contributed by atoms with Crippen LogP contribution in [0.2, 0.25) is 0 Å². The Morgan fingerprint density at radius 3 is 2.57 bits per heavy atom. The van der Waals surface area contributed by atoms with Gasteiger partial charge in [0.15, 0.2) is 0 Å². The predicted octanol–water partition coefficient (Wildman–Crippen LogP) is 1.75. The Bertz CT molecular complexity index is 195. The average Bonchev–Trinajstić information content (AvgIpc) is 2.12. The molecule has 3 N–H and O–H groups in total. The second-order valence-corrected chi connectivity index (χ2v) is 3.97. The molecule has 0 radical (unpaired) electrons. The standard InChI is InChI=1S/C10H20N2OS/c1-3-5-6-10(13)12-8(4-2)7-9(11)14/h8H,3-7H2,1-2H3,(H2,11,14)(H,12,13). The molecular weight excluding hydrogens is 196 g/mol. The summed E-state index contributed by atoms with van der Waals surface area (Å²) in [6.07, 6.45) is 4.05. The van der Waals surface area contributed by atoms with Gasteiger partial charge in [-0.25, -0.2) is 0 Å². The lowest BCUT2D eigenvalue weighted by atomic mass is 10.1. The minimum Gasteiger partial charge on any atom is -0.393 e. The Morgan fingerprint density at radius 1 is 1.50 bits per heavy atom. The number of carbonyl (C=O) groups is 1. The fourth-order valence-electron chi connectivity index (χ4n) is 1.18. The average molecular weight is 216 g/mol. The van der Waals surface area contributed by atoms with Crippen molar-refractivity contribution >= 4 is 23.1 Å². The molecule has 0 heterocycles. The van der Waals surface area contributed by atoms with E-state index < -0.39 is 0 Å². The summed E-state index contributed by atoms with van der Waals surface area (Å²) < 4.78 is 0. The molecule has 0 bridgehead atoms. The largest absolute Gasteiger partial charge is 0.393 e. The van der Waals surface area contributed by atoms with Gasteiger partial charge in [-0.1, -0.05) is 32.5 Å². The van der Waals surface area contributed by atoms with Crippen molar-refractivity contribution in [1.82, 2.24) is 5.32 Å². The summed E-state index contributed by atoms with van der Waals surface area (Å²) in [5, 5.41) is 2.93. The number of amides is 1. The zero-order valence-electron chi connectivity index (χ0n) is 9.01. The summed E-state index contributed by atoms with van der Waals surface area (Å²) in [4.78, 5) is 11.8.